The maximum atomic E-state index is 12.4. The molecule has 2 rings (SSSR count). The molecule has 5 nitrogen and oxygen atoms in total. The fourth-order valence-corrected chi connectivity index (χ4v) is 2.95. The average molecular weight is 330 g/mol. The van der Waals surface area contributed by atoms with Crippen molar-refractivity contribution in [3.05, 3.63) is 42.5 Å². The van der Waals surface area contributed by atoms with Crippen molar-refractivity contribution in [2.45, 2.75) is 19.4 Å². The molecule has 0 radical (unpaired) electrons. The van der Waals surface area contributed by atoms with E-state index in [2.05, 4.69) is 41.0 Å². The van der Waals surface area contributed by atoms with Crippen molar-refractivity contribution in [3.63, 3.8) is 0 Å². The fraction of sp³-hybridized carbons (Fsp3) is 0.526. The summed E-state index contributed by atoms with van der Waals surface area (Å²) in [5.41, 5.74) is 1.54. The molecule has 1 aromatic carbocycles. The number of carbonyl (C=O) groups excluding carboxylic acids is 1. The molecule has 1 aromatic rings. The summed E-state index contributed by atoms with van der Waals surface area (Å²) in [4.78, 5) is 17.3. The van der Waals surface area contributed by atoms with Crippen molar-refractivity contribution in [2.75, 3.05) is 51.6 Å². The molecule has 5 heteroatoms. The van der Waals surface area contributed by atoms with Gasteiger partial charge in [-0.1, -0.05) is 18.2 Å². The molecule has 1 amide bonds. The summed E-state index contributed by atoms with van der Waals surface area (Å²) in [7, 11) is 2.17. The third-order valence-electron chi connectivity index (χ3n) is 4.62. The lowest BCUT2D eigenvalue weighted by atomic mass is 10.1. The lowest BCUT2D eigenvalue weighted by Crippen LogP contribution is -2.48. The third kappa shape index (κ3) is 5.35. The van der Waals surface area contributed by atoms with Crippen LogP contribution in [-0.2, 0) is 0 Å². The lowest BCUT2D eigenvalue weighted by Gasteiger charge is -2.36. The number of rotatable bonds is 8. The Morgan fingerprint density at radius 1 is 1.29 bits per heavy atom. The normalized spacial score (nSPS) is 17.2. The number of piperazine rings is 1. The van der Waals surface area contributed by atoms with Gasteiger partial charge in [0.05, 0.1) is 5.56 Å². The first-order chi connectivity index (χ1) is 11.6. The van der Waals surface area contributed by atoms with Gasteiger partial charge in [-0.05, 0) is 32.5 Å². The lowest BCUT2D eigenvalue weighted by molar-refractivity contribution is 0.0935. The van der Waals surface area contributed by atoms with Gasteiger partial charge in [-0.25, -0.2) is 0 Å². The highest BCUT2D eigenvalue weighted by molar-refractivity contribution is 5.99. The highest BCUT2D eigenvalue weighted by Gasteiger charge is 2.19. The van der Waals surface area contributed by atoms with Crippen LogP contribution in [-0.4, -0.2) is 68.1 Å². The molecule has 1 unspecified atom stereocenters. The standard InChI is InChI=1S/C19H30N4O/c1-4-10-20-18-8-6-5-7-17(18)19(24)21-11-9-16(2)23-14-12-22(3)13-15-23/h4-8,16,20H,1,9-15H2,2-3H3,(H,21,24). The molecule has 1 atom stereocenters. The van der Waals surface area contributed by atoms with E-state index in [4.69, 9.17) is 0 Å². The molecule has 0 aromatic heterocycles. The second-order valence-electron chi connectivity index (χ2n) is 6.45. The van der Waals surface area contributed by atoms with E-state index in [1.807, 2.05) is 24.3 Å². The van der Waals surface area contributed by atoms with Crippen LogP contribution in [0.1, 0.15) is 23.7 Å². The highest BCUT2D eigenvalue weighted by atomic mass is 16.1. The van der Waals surface area contributed by atoms with Gasteiger partial charge in [-0.15, -0.1) is 6.58 Å². The molecular weight excluding hydrogens is 300 g/mol. The van der Waals surface area contributed by atoms with E-state index in [9.17, 15) is 4.79 Å². The van der Waals surface area contributed by atoms with Gasteiger partial charge in [-0.3, -0.25) is 9.69 Å². The molecule has 1 heterocycles. The minimum Gasteiger partial charge on any atom is -0.381 e. The van der Waals surface area contributed by atoms with Crippen molar-refractivity contribution in [1.82, 2.24) is 15.1 Å². The maximum Gasteiger partial charge on any atom is 0.253 e. The van der Waals surface area contributed by atoms with Crippen molar-refractivity contribution >= 4 is 11.6 Å². The van der Waals surface area contributed by atoms with Gasteiger partial charge in [-0.2, -0.15) is 0 Å². The van der Waals surface area contributed by atoms with E-state index in [1.165, 1.54) is 0 Å². The summed E-state index contributed by atoms with van der Waals surface area (Å²) < 4.78 is 0. The van der Waals surface area contributed by atoms with Gasteiger partial charge in [0.15, 0.2) is 0 Å². The SMILES string of the molecule is C=CCNc1ccccc1C(=O)NCCC(C)N1CCN(C)CC1. The largest absolute Gasteiger partial charge is 0.381 e. The molecule has 0 bridgehead atoms. The van der Waals surface area contributed by atoms with Crippen LogP contribution in [0.4, 0.5) is 5.69 Å². The zero-order chi connectivity index (χ0) is 17.4. The van der Waals surface area contributed by atoms with Gasteiger partial charge in [0.25, 0.3) is 5.91 Å². The van der Waals surface area contributed by atoms with Gasteiger partial charge in [0, 0.05) is 51.0 Å². The summed E-state index contributed by atoms with van der Waals surface area (Å²) in [6.45, 7) is 11.8. The van der Waals surface area contributed by atoms with E-state index in [0.29, 0.717) is 24.7 Å². The van der Waals surface area contributed by atoms with E-state index < -0.39 is 0 Å². The molecule has 24 heavy (non-hydrogen) atoms. The van der Waals surface area contributed by atoms with Gasteiger partial charge in [0.2, 0.25) is 0 Å². The van der Waals surface area contributed by atoms with Crippen molar-refractivity contribution < 1.29 is 4.79 Å². The molecule has 1 aliphatic rings. The second kappa shape index (κ2) is 9.45. The van der Waals surface area contributed by atoms with Crippen LogP contribution in [0.15, 0.2) is 36.9 Å². The average Bonchev–Trinajstić information content (AvgIpc) is 2.60. The quantitative estimate of drug-likeness (QED) is 0.716. The Balaban J connectivity index is 1.79. The number of amides is 1. The Morgan fingerprint density at radius 2 is 2.00 bits per heavy atom. The van der Waals surface area contributed by atoms with E-state index in [1.54, 1.807) is 6.08 Å². The topological polar surface area (TPSA) is 47.6 Å². The van der Waals surface area contributed by atoms with Crippen LogP contribution >= 0.6 is 0 Å². The van der Waals surface area contributed by atoms with Gasteiger partial charge in [0.1, 0.15) is 0 Å². The zero-order valence-corrected chi connectivity index (χ0v) is 14.9. The third-order valence-corrected chi connectivity index (χ3v) is 4.62. The molecule has 2 N–H and O–H groups in total. The Hall–Kier alpha value is -1.85. The van der Waals surface area contributed by atoms with Crippen LogP contribution in [0, 0.1) is 0 Å². The molecule has 1 aliphatic heterocycles. The first-order valence-electron chi connectivity index (χ1n) is 8.76. The number of para-hydroxylation sites is 1. The highest BCUT2D eigenvalue weighted by Crippen LogP contribution is 2.15. The summed E-state index contributed by atoms with van der Waals surface area (Å²) in [5, 5.41) is 6.26. The minimum absolute atomic E-state index is 0.0206. The zero-order valence-electron chi connectivity index (χ0n) is 14.9. The molecule has 0 spiro atoms. The Labute approximate surface area is 145 Å². The Bertz CT molecular complexity index is 538. The minimum atomic E-state index is -0.0206. The second-order valence-corrected chi connectivity index (χ2v) is 6.45. The predicted octanol–water partition coefficient (Wildman–Crippen LogP) is 2.04. The number of anilines is 1. The summed E-state index contributed by atoms with van der Waals surface area (Å²) in [6.07, 6.45) is 2.75. The number of nitrogens with zero attached hydrogens (tertiary/aromatic N) is 2. The number of benzene rings is 1. The Kier molecular flexibility index (Phi) is 7.28. The van der Waals surface area contributed by atoms with Crippen LogP contribution in [0.2, 0.25) is 0 Å². The van der Waals surface area contributed by atoms with Crippen molar-refractivity contribution in [1.29, 1.82) is 0 Å². The van der Waals surface area contributed by atoms with Gasteiger partial charge < -0.3 is 15.5 Å². The summed E-state index contributed by atoms with van der Waals surface area (Å²) >= 11 is 0. The smallest absolute Gasteiger partial charge is 0.253 e. The first kappa shape index (κ1) is 18.5. The number of hydrogen-bond donors (Lipinski definition) is 2. The van der Waals surface area contributed by atoms with E-state index >= 15 is 0 Å². The summed E-state index contributed by atoms with van der Waals surface area (Å²) in [6, 6.07) is 8.09. The van der Waals surface area contributed by atoms with E-state index in [0.717, 1.165) is 38.3 Å². The Morgan fingerprint density at radius 3 is 2.71 bits per heavy atom. The fourth-order valence-electron chi connectivity index (χ4n) is 2.95. The maximum absolute atomic E-state index is 12.4. The molecule has 132 valence electrons. The van der Waals surface area contributed by atoms with Gasteiger partial charge >= 0.3 is 0 Å². The van der Waals surface area contributed by atoms with Crippen molar-refractivity contribution in [3.8, 4) is 0 Å². The molecule has 1 fully saturated rings. The number of nitrogens with one attached hydrogen (secondary N) is 2. The number of hydrogen-bond acceptors (Lipinski definition) is 4. The molecular formula is C19H30N4O. The van der Waals surface area contributed by atoms with Crippen LogP contribution in [0.5, 0.6) is 0 Å². The van der Waals surface area contributed by atoms with E-state index in [-0.39, 0.29) is 5.91 Å². The number of likely N-dealkylation sites (N-methyl/N-ethyl adjacent to an activating group) is 1. The molecule has 1 saturated heterocycles. The van der Waals surface area contributed by atoms with Crippen LogP contribution in [0.25, 0.3) is 0 Å². The number of carbonyl (C=O) groups is 1. The monoisotopic (exact) mass is 330 g/mol. The predicted molar refractivity (Wildman–Crippen MR) is 101 cm³/mol. The van der Waals surface area contributed by atoms with Crippen molar-refractivity contribution in [2.24, 2.45) is 0 Å². The summed E-state index contributed by atoms with van der Waals surface area (Å²) in [5.74, 6) is -0.0206. The van der Waals surface area contributed by atoms with Crippen LogP contribution in [0.3, 0.4) is 0 Å². The molecule has 0 aliphatic carbocycles. The molecule has 0 saturated carbocycles. The van der Waals surface area contributed by atoms with Crippen LogP contribution < -0.4 is 10.6 Å². The first-order valence-corrected chi connectivity index (χ1v) is 8.76.